The number of para-hydroxylation sites is 1. The zero-order valence-electron chi connectivity index (χ0n) is 23.7. The van der Waals surface area contributed by atoms with Crippen molar-refractivity contribution < 1.29 is 17.9 Å². The minimum atomic E-state index is -3.83. The van der Waals surface area contributed by atoms with E-state index in [9.17, 15) is 18.5 Å². The van der Waals surface area contributed by atoms with E-state index < -0.39 is 15.9 Å². The number of hydrogen-bond donors (Lipinski definition) is 2. The van der Waals surface area contributed by atoms with Gasteiger partial charge in [-0.2, -0.15) is 5.26 Å². The van der Waals surface area contributed by atoms with Gasteiger partial charge in [-0.1, -0.05) is 18.2 Å². The van der Waals surface area contributed by atoms with Crippen LogP contribution in [-0.4, -0.2) is 72.6 Å². The van der Waals surface area contributed by atoms with Crippen molar-refractivity contribution in [3.05, 3.63) is 60.4 Å². The number of rotatable bonds is 7. The van der Waals surface area contributed by atoms with Gasteiger partial charge in [0.15, 0.2) is 5.65 Å². The molecule has 5 heterocycles. The summed E-state index contributed by atoms with van der Waals surface area (Å²) >= 11 is 0. The van der Waals surface area contributed by atoms with Crippen molar-refractivity contribution in [3.8, 4) is 28.8 Å². The first-order valence-corrected chi connectivity index (χ1v) is 16.2. The maximum Gasteiger partial charge on any atom is 0.283 e. The Labute approximate surface area is 249 Å². The van der Waals surface area contributed by atoms with E-state index in [0.717, 1.165) is 63.9 Å². The number of amides is 1. The Morgan fingerprint density at radius 1 is 1.09 bits per heavy atom. The summed E-state index contributed by atoms with van der Waals surface area (Å²) in [4.78, 5) is 24.6. The molecule has 2 fully saturated rings. The molecule has 2 aliphatic rings. The van der Waals surface area contributed by atoms with Gasteiger partial charge in [-0.05, 0) is 69.1 Å². The maximum absolute atomic E-state index is 13.1. The molecule has 43 heavy (non-hydrogen) atoms. The Kier molecular flexibility index (Phi) is 7.96. The van der Waals surface area contributed by atoms with Gasteiger partial charge in [-0.25, -0.2) is 27.8 Å². The van der Waals surface area contributed by atoms with Crippen LogP contribution in [0, 0.1) is 17.2 Å². The number of nitrogens with zero attached hydrogens (tertiary/aromatic N) is 6. The molecule has 4 aromatic rings. The Morgan fingerprint density at radius 2 is 1.84 bits per heavy atom. The van der Waals surface area contributed by atoms with Crippen molar-refractivity contribution in [3.63, 3.8) is 0 Å². The third kappa shape index (κ3) is 6.30. The minimum absolute atomic E-state index is 0.0542. The van der Waals surface area contributed by atoms with Crippen molar-refractivity contribution in [1.29, 1.82) is 5.26 Å². The zero-order valence-corrected chi connectivity index (χ0v) is 24.5. The second-order valence-electron chi connectivity index (χ2n) is 10.9. The standard InChI is InChI=1S/C30H32N8O4S/c1-43(40,41)36-29(39)25-17-24(21-7-8-26(33-19-21)37-15-11-20(18-31)12-16-37)27-28(34-25)38(22-5-3-2-4-6-22)35-30(27)42-23-9-13-32-14-10-23/h2-8,17,19-20,23,32H,9-16H2,1H3,(H,36,39). The van der Waals surface area contributed by atoms with Crippen LogP contribution in [0.2, 0.25) is 0 Å². The van der Waals surface area contributed by atoms with Gasteiger partial charge >= 0.3 is 0 Å². The summed E-state index contributed by atoms with van der Waals surface area (Å²) in [6, 6.07) is 17.1. The van der Waals surface area contributed by atoms with E-state index in [1.54, 1.807) is 16.9 Å². The Balaban J connectivity index is 1.49. The van der Waals surface area contributed by atoms with Gasteiger partial charge in [-0.3, -0.25) is 4.79 Å². The number of aromatic nitrogens is 4. The predicted molar refractivity (Wildman–Crippen MR) is 161 cm³/mol. The predicted octanol–water partition coefficient (Wildman–Crippen LogP) is 3.04. The quantitative estimate of drug-likeness (QED) is 0.323. The smallest absolute Gasteiger partial charge is 0.283 e. The van der Waals surface area contributed by atoms with Crippen LogP contribution in [-0.2, 0) is 10.0 Å². The van der Waals surface area contributed by atoms with Crippen LogP contribution in [0.3, 0.4) is 0 Å². The van der Waals surface area contributed by atoms with Crippen molar-refractivity contribution in [2.45, 2.75) is 31.8 Å². The average Bonchev–Trinajstić information content (AvgIpc) is 3.39. The molecular weight excluding hydrogens is 568 g/mol. The molecule has 3 aromatic heterocycles. The lowest BCUT2D eigenvalue weighted by Gasteiger charge is -2.30. The monoisotopic (exact) mass is 600 g/mol. The second-order valence-corrected chi connectivity index (χ2v) is 12.6. The highest BCUT2D eigenvalue weighted by Crippen LogP contribution is 2.37. The van der Waals surface area contributed by atoms with Crippen LogP contribution >= 0.6 is 0 Å². The molecule has 2 aliphatic heterocycles. The number of ether oxygens (including phenoxy) is 1. The van der Waals surface area contributed by atoms with Gasteiger partial charge in [0, 0.05) is 36.3 Å². The summed E-state index contributed by atoms with van der Waals surface area (Å²) in [5.74, 6) is 0.395. The minimum Gasteiger partial charge on any atom is -0.473 e. The topological polar surface area (TPSA) is 155 Å². The molecule has 1 aromatic carbocycles. The molecule has 0 atom stereocenters. The highest BCUT2D eigenvalue weighted by Gasteiger charge is 2.27. The van der Waals surface area contributed by atoms with Gasteiger partial charge in [0.1, 0.15) is 17.6 Å². The second kappa shape index (κ2) is 12.0. The number of nitriles is 1. The van der Waals surface area contributed by atoms with Crippen molar-refractivity contribution >= 4 is 32.8 Å². The van der Waals surface area contributed by atoms with Gasteiger partial charge in [-0.15, -0.1) is 5.10 Å². The van der Waals surface area contributed by atoms with Gasteiger partial charge in [0.25, 0.3) is 5.91 Å². The number of nitrogens with one attached hydrogen (secondary N) is 2. The molecule has 12 nitrogen and oxygen atoms in total. The maximum atomic E-state index is 13.1. The number of fused-ring (bicyclic) bond motifs is 1. The lowest BCUT2D eigenvalue weighted by Crippen LogP contribution is -2.34. The highest BCUT2D eigenvalue weighted by molar-refractivity contribution is 7.89. The Bertz CT molecular complexity index is 1770. The lowest BCUT2D eigenvalue weighted by atomic mass is 9.98. The molecule has 222 valence electrons. The van der Waals surface area contributed by atoms with Crippen LogP contribution in [0.15, 0.2) is 54.7 Å². The molecule has 6 rings (SSSR count). The number of anilines is 1. The van der Waals surface area contributed by atoms with E-state index in [4.69, 9.17) is 14.8 Å². The first-order valence-electron chi connectivity index (χ1n) is 14.3. The number of pyridine rings is 2. The molecule has 0 saturated carbocycles. The number of hydrogen-bond acceptors (Lipinski definition) is 10. The Hall–Kier alpha value is -4.54. The fourth-order valence-electron chi connectivity index (χ4n) is 5.52. The number of sulfonamides is 1. The van der Waals surface area contributed by atoms with Crippen molar-refractivity contribution in [2.75, 3.05) is 37.3 Å². The van der Waals surface area contributed by atoms with E-state index in [-0.39, 0.29) is 17.7 Å². The summed E-state index contributed by atoms with van der Waals surface area (Å²) in [5.41, 5.74) is 2.27. The van der Waals surface area contributed by atoms with Gasteiger partial charge in [0.05, 0.1) is 23.4 Å². The molecule has 0 spiro atoms. The molecule has 0 aliphatic carbocycles. The lowest BCUT2D eigenvalue weighted by molar-refractivity contribution is 0.0977. The average molecular weight is 601 g/mol. The molecule has 2 N–H and O–H groups in total. The van der Waals surface area contributed by atoms with E-state index in [1.807, 2.05) is 47.2 Å². The van der Waals surface area contributed by atoms with Crippen molar-refractivity contribution in [2.24, 2.45) is 5.92 Å². The van der Waals surface area contributed by atoms with Crippen molar-refractivity contribution in [1.82, 2.24) is 29.8 Å². The van der Waals surface area contributed by atoms with Crippen LogP contribution < -0.4 is 19.7 Å². The molecule has 0 bridgehead atoms. The fourth-order valence-corrected chi connectivity index (χ4v) is 5.96. The number of benzene rings is 1. The van der Waals surface area contributed by atoms with Gasteiger partial charge in [0.2, 0.25) is 15.9 Å². The van der Waals surface area contributed by atoms with Crippen LogP contribution in [0.5, 0.6) is 5.88 Å². The van der Waals surface area contributed by atoms with E-state index in [2.05, 4.69) is 21.3 Å². The van der Waals surface area contributed by atoms with E-state index in [1.165, 1.54) is 0 Å². The number of carbonyl (C=O) groups is 1. The summed E-state index contributed by atoms with van der Waals surface area (Å²) < 4.78 is 34.0. The van der Waals surface area contributed by atoms with Crippen LogP contribution in [0.4, 0.5) is 5.82 Å². The molecule has 0 unspecified atom stereocenters. The van der Waals surface area contributed by atoms with Gasteiger partial charge < -0.3 is 15.0 Å². The van der Waals surface area contributed by atoms with E-state index >= 15 is 0 Å². The summed E-state index contributed by atoms with van der Waals surface area (Å²) in [6.45, 7) is 3.16. The molecule has 13 heteroatoms. The fraction of sp³-hybridized carbons (Fsp3) is 0.367. The third-order valence-corrected chi connectivity index (χ3v) is 8.30. The Morgan fingerprint density at radius 3 is 2.49 bits per heavy atom. The largest absolute Gasteiger partial charge is 0.473 e. The molecular formula is C30H32N8O4S. The summed E-state index contributed by atoms with van der Waals surface area (Å²) in [7, 11) is -3.83. The van der Waals surface area contributed by atoms with E-state index in [0.29, 0.717) is 33.7 Å². The molecule has 2 saturated heterocycles. The summed E-state index contributed by atoms with van der Waals surface area (Å²) in [5, 5.41) is 18.0. The van der Waals surface area contributed by atoms with Crippen LogP contribution in [0.25, 0.3) is 27.8 Å². The third-order valence-electron chi connectivity index (χ3n) is 7.74. The highest BCUT2D eigenvalue weighted by atomic mass is 32.2. The number of carbonyl (C=O) groups excluding carboxylic acids is 1. The summed E-state index contributed by atoms with van der Waals surface area (Å²) in [6.07, 6.45) is 5.81. The number of piperidine rings is 2. The molecule has 0 radical (unpaired) electrons. The normalized spacial score (nSPS) is 16.6. The first-order chi connectivity index (χ1) is 20.8. The SMILES string of the molecule is CS(=O)(=O)NC(=O)c1cc(-c2ccc(N3CCC(C#N)CC3)nc2)c2c(OC3CCNCC3)nn(-c3ccccc3)c2n1. The zero-order chi connectivity index (χ0) is 30.0. The molecule has 1 amide bonds. The van der Waals surface area contributed by atoms with Crippen LogP contribution in [0.1, 0.15) is 36.2 Å². The first kappa shape index (κ1) is 28.6.